The van der Waals surface area contributed by atoms with E-state index in [0.717, 1.165) is 6.07 Å². The van der Waals surface area contributed by atoms with Gasteiger partial charge in [-0.25, -0.2) is 12.6 Å². The number of hydrogen-bond acceptors (Lipinski definition) is 13. The second kappa shape index (κ2) is 10.5. The normalized spacial score (nSPS) is 12.3. The van der Waals surface area contributed by atoms with Gasteiger partial charge in [0.25, 0.3) is 10.1 Å². The van der Waals surface area contributed by atoms with Gasteiger partial charge in [-0.15, -0.1) is 0 Å². The number of nitrogens with zero attached hydrogens (tertiary/aromatic N) is 3. The van der Waals surface area contributed by atoms with Crippen LogP contribution >= 0.6 is 11.6 Å². The first kappa shape index (κ1) is 27.5. The van der Waals surface area contributed by atoms with E-state index in [2.05, 4.69) is 29.8 Å². The van der Waals surface area contributed by atoms with Crippen LogP contribution in [0.2, 0.25) is 5.28 Å². The van der Waals surface area contributed by atoms with E-state index in [1.165, 1.54) is 36.4 Å². The summed E-state index contributed by atoms with van der Waals surface area (Å²) in [4.78, 5) is 11.2. The number of anilines is 5. The van der Waals surface area contributed by atoms with Gasteiger partial charge in [-0.05, 0) is 48.0 Å². The number of hydrogen-bond donors (Lipinski definition) is 5. The molecule has 1 aromatic heterocycles. The Morgan fingerprint density at radius 1 is 0.889 bits per heavy atom. The summed E-state index contributed by atoms with van der Waals surface area (Å²) in [5, 5.41) is 5.24. The molecule has 0 aliphatic carbocycles. The Morgan fingerprint density at radius 2 is 1.50 bits per heavy atom. The van der Waals surface area contributed by atoms with E-state index in [1.54, 1.807) is 0 Å². The van der Waals surface area contributed by atoms with E-state index in [-0.39, 0.29) is 39.1 Å². The van der Waals surface area contributed by atoms with E-state index in [9.17, 15) is 25.3 Å². The molecule has 0 atom stereocenters. The third kappa shape index (κ3) is 7.68. The number of nitrogen functional groups attached to an aromatic ring is 1. The van der Waals surface area contributed by atoms with Crippen molar-refractivity contribution in [1.82, 2.24) is 15.0 Å². The predicted molar refractivity (Wildman–Crippen MR) is 128 cm³/mol. The third-order valence-electron chi connectivity index (χ3n) is 4.19. The van der Waals surface area contributed by atoms with Crippen LogP contribution in [0, 0.1) is 0 Å². The Kier molecular flexibility index (Phi) is 7.98. The molecule has 3 aromatic rings. The minimum atomic E-state index is -4.78. The summed E-state index contributed by atoms with van der Waals surface area (Å²) in [5.74, 6) is -0.895. The summed E-state index contributed by atoms with van der Waals surface area (Å²) >= 11 is 5.94. The maximum Gasteiger partial charge on any atom is 0.397 e. The molecule has 15 nitrogen and oxygen atoms in total. The summed E-state index contributed by atoms with van der Waals surface area (Å²) in [6.45, 7) is -0.785. The molecule has 2 aromatic carbocycles. The van der Waals surface area contributed by atoms with Crippen molar-refractivity contribution in [3.63, 3.8) is 0 Å². The number of benzene rings is 2. The average molecular weight is 581 g/mol. The van der Waals surface area contributed by atoms with Crippen molar-refractivity contribution in [3.8, 4) is 0 Å². The van der Waals surface area contributed by atoms with Gasteiger partial charge in [-0.3, -0.25) is 9.11 Å². The lowest BCUT2D eigenvalue weighted by Gasteiger charge is -2.11. The van der Waals surface area contributed by atoms with Gasteiger partial charge in [0.15, 0.2) is 9.84 Å². The van der Waals surface area contributed by atoms with Crippen LogP contribution in [0.15, 0.2) is 52.3 Å². The Bertz CT molecular complexity index is 1620. The Hall–Kier alpha value is -3.13. The maximum absolute atomic E-state index is 12.4. The summed E-state index contributed by atoms with van der Waals surface area (Å²) in [5.41, 5.74) is 5.90. The van der Waals surface area contributed by atoms with Gasteiger partial charge in [0, 0.05) is 11.4 Å². The zero-order valence-electron chi connectivity index (χ0n) is 17.7. The number of halogens is 1. The van der Waals surface area contributed by atoms with Crippen molar-refractivity contribution in [2.75, 3.05) is 28.7 Å². The fourth-order valence-electron chi connectivity index (χ4n) is 2.72. The van der Waals surface area contributed by atoms with Crippen LogP contribution in [0.3, 0.4) is 0 Å². The molecule has 1 heterocycles. The van der Waals surface area contributed by atoms with Gasteiger partial charge in [-0.2, -0.15) is 31.8 Å². The molecule has 0 radical (unpaired) electrons. The van der Waals surface area contributed by atoms with Crippen LogP contribution in [-0.4, -0.2) is 61.7 Å². The molecule has 19 heteroatoms. The van der Waals surface area contributed by atoms with E-state index < -0.39 is 47.6 Å². The Morgan fingerprint density at radius 3 is 2.06 bits per heavy atom. The zero-order valence-corrected chi connectivity index (χ0v) is 20.9. The van der Waals surface area contributed by atoms with Gasteiger partial charge in [0.1, 0.15) is 4.90 Å². The van der Waals surface area contributed by atoms with Crippen LogP contribution in [0.4, 0.5) is 29.0 Å². The van der Waals surface area contributed by atoms with Gasteiger partial charge in [-0.1, -0.05) is 6.07 Å². The first-order valence-electron chi connectivity index (χ1n) is 9.40. The Labute approximate surface area is 210 Å². The fourth-order valence-corrected chi connectivity index (χ4v) is 5.00. The highest BCUT2D eigenvalue weighted by Gasteiger charge is 2.18. The standard InChI is InChI=1S/C17H17ClN6O9S3/c18-15-22-16(24-17(23-15)21-11-4-5-14(13(19)9-11)35(27,28)29)20-10-2-1-3-12(8-10)34(25,26)7-6-33-36(30,31)32/h1-5,8-9H,6-7,19H2,(H,27,28,29)(H,30,31,32)(H2,20,21,22,23,24). The van der Waals surface area contributed by atoms with Crippen molar-refractivity contribution >= 4 is 70.9 Å². The quantitative estimate of drug-likeness (QED) is 0.168. The van der Waals surface area contributed by atoms with Gasteiger partial charge < -0.3 is 16.4 Å². The lowest BCUT2D eigenvalue weighted by Crippen LogP contribution is -2.15. The summed E-state index contributed by atoms with van der Waals surface area (Å²) in [7, 11) is -13.3. The van der Waals surface area contributed by atoms with Crippen LogP contribution < -0.4 is 16.4 Å². The molecule has 0 unspecified atom stereocenters. The third-order valence-corrected chi connectivity index (χ3v) is 7.42. The highest BCUT2D eigenvalue weighted by atomic mass is 35.5. The number of rotatable bonds is 10. The van der Waals surface area contributed by atoms with Gasteiger partial charge in [0.2, 0.25) is 17.2 Å². The van der Waals surface area contributed by atoms with Crippen molar-refractivity contribution in [2.45, 2.75) is 9.79 Å². The monoisotopic (exact) mass is 580 g/mol. The molecule has 194 valence electrons. The minimum absolute atomic E-state index is 0.0809. The summed E-state index contributed by atoms with van der Waals surface area (Å²) in [6, 6.07) is 8.97. The molecule has 0 amide bonds. The van der Waals surface area contributed by atoms with Crippen LogP contribution in [0.25, 0.3) is 0 Å². The van der Waals surface area contributed by atoms with Crippen molar-refractivity contribution in [1.29, 1.82) is 0 Å². The summed E-state index contributed by atoms with van der Waals surface area (Å²) in [6.07, 6.45) is 0. The fraction of sp³-hybridized carbons (Fsp3) is 0.118. The van der Waals surface area contributed by atoms with E-state index in [4.69, 9.17) is 26.4 Å². The van der Waals surface area contributed by atoms with Gasteiger partial charge in [0.05, 0.1) is 22.9 Å². The van der Waals surface area contributed by atoms with E-state index in [1.807, 2.05) is 0 Å². The van der Waals surface area contributed by atoms with Crippen molar-refractivity contribution < 1.29 is 38.5 Å². The number of sulfone groups is 1. The highest BCUT2D eigenvalue weighted by molar-refractivity contribution is 7.91. The first-order chi connectivity index (χ1) is 16.6. The highest BCUT2D eigenvalue weighted by Crippen LogP contribution is 2.25. The molecule has 0 spiro atoms. The van der Waals surface area contributed by atoms with Crippen molar-refractivity contribution in [3.05, 3.63) is 47.7 Å². The Balaban J connectivity index is 1.79. The minimum Gasteiger partial charge on any atom is -0.398 e. The maximum atomic E-state index is 12.4. The number of nitrogens with one attached hydrogen (secondary N) is 2. The second-order valence-electron chi connectivity index (χ2n) is 6.83. The average Bonchev–Trinajstić information content (AvgIpc) is 2.71. The smallest absolute Gasteiger partial charge is 0.397 e. The van der Waals surface area contributed by atoms with E-state index >= 15 is 0 Å². The lowest BCUT2D eigenvalue weighted by atomic mass is 10.3. The van der Waals surface area contributed by atoms with E-state index in [0.29, 0.717) is 0 Å². The molecule has 0 bridgehead atoms. The van der Waals surface area contributed by atoms with Gasteiger partial charge >= 0.3 is 10.4 Å². The first-order valence-corrected chi connectivity index (χ1v) is 14.2. The number of nitrogens with two attached hydrogens (primary N) is 1. The molecule has 0 saturated heterocycles. The molecular weight excluding hydrogens is 564 g/mol. The molecule has 0 aliphatic heterocycles. The lowest BCUT2D eigenvalue weighted by molar-refractivity contribution is 0.284. The van der Waals surface area contributed by atoms with Crippen molar-refractivity contribution in [2.24, 2.45) is 0 Å². The topological polar surface area (TPSA) is 241 Å². The molecule has 6 N–H and O–H groups in total. The predicted octanol–water partition coefficient (Wildman–Crippen LogP) is 1.43. The van der Waals surface area contributed by atoms with Crippen LogP contribution in [0.1, 0.15) is 0 Å². The molecule has 36 heavy (non-hydrogen) atoms. The largest absolute Gasteiger partial charge is 0.398 e. The number of aromatic nitrogens is 3. The molecule has 0 saturated carbocycles. The molecule has 0 aliphatic rings. The van der Waals surface area contributed by atoms with Crippen LogP contribution in [-0.2, 0) is 34.5 Å². The SMILES string of the molecule is Nc1cc(Nc2nc(Cl)nc(Nc3cccc(S(=O)(=O)CCOS(=O)(=O)O)c3)n2)ccc1S(=O)(=O)O. The molecule has 0 fully saturated rings. The summed E-state index contributed by atoms with van der Waals surface area (Å²) < 4.78 is 90.4. The van der Waals surface area contributed by atoms with Crippen LogP contribution in [0.5, 0.6) is 0 Å². The zero-order chi connectivity index (χ0) is 26.7. The molecule has 3 rings (SSSR count). The molecular formula is C17H17ClN6O9S3. The second-order valence-corrected chi connectivity index (χ2v) is 11.8.